The van der Waals surface area contributed by atoms with Gasteiger partial charge in [0.2, 0.25) is 5.91 Å². The Morgan fingerprint density at radius 1 is 1.08 bits per heavy atom. The quantitative estimate of drug-likeness (QED) is 0.0753. The number of aliphatic hydroxyl groups is 1. The summed E-state index contributed by atoms with van der Waals surface area (Å²) in [6, 6.07) is 22.2. The van der Waals surface area contributed by atoms with Crippen LogP contribution in [0.4, 0.5) is 11.4 Å². The molecule has 2 amide bonds. The Labute approximate surface area is 314 Å². The number of rotatable bonds is 15. The van der Waals surface area contributed by atoms with E-state index in [0.717, 1.165) is 34.9 Å². The zero-order valence-corrected chi connectivity index (χ0v) is 33.0. The number of anilines is 1. The monoisotopic (exact) mass is 739 g/mol. The first-order valence-electron chi connectivity index (χ1n) is 18.4. The minimum absolute atomic E-state index is 0.0168. The minimum Gasteiger partial charge on any atom is -0.497 e. The lowest BCUT2D eigenvalue weighted by Crippen LogP contribution is -2.52. The number of aliphatic hydroxyl groups excluding tert-OH is 1. The van der Waals surface area contributed by atoms with E-state index < -0.39 is 30.6 Å². The third-order valence-corrected chi connectivity index (χ3v) is 15.4. The molecule has 3 aromatic rings. The van der Waals surface area contributed by atoms with Gasteiger partial charge in [-0.05, 0) is 62.9 Å². The average molecular weight is 740 g/mol. The van der Waals surface area contributed by atoms with E-state index in [-0.39, 0.29) is 49.2 Å². The molecule has 10 nitrogen and oxygen atoms in total. The van der Waals surface area contributed by atoms with Gasteiger partial charge in [-0.25, -0.2) is 0 Å². The Bertz CT molecular complexity index is 1860. The highest BCUT2D eigenvalue weighted by Gasteiger charge is 2.66. The number of nitro groups is 1. The van der Waals surface area contributed by atoms with Crippen LogP contribution in [0.3, 0.4) is 0 Å². The number of amides is 2. The molecule has 1 N–H and O–H groups in total. The molecular formula is C42H53N3O7Si. The van der Waals surface area contributed by atoms with Crippen LogP contribution in [0.2, 0.25) is 18.6 Å². The van der Waals surface area contributed by atoms with Crippen molar-refractivity contribution in [3.63, 3.8) is 0 Å². The molecule has 3 aromatic carbocycles. The molecule has 0 bridgehead atoms. The second-order valence-corrected chi connectivity index (χ2v) is 19.8. The minimum atomic E-state index is -2.59. The lowest BCUT2D eigenvalue weighted by Gasteiger charge is -2.37. The SMILES string of the molecule is COc1ccc([Si](C)(C)[C@H]2[C@H](CC(=O)N(CCO)Cc3ccccc3)O[C@@]3(C(=O)N(C/C=C(\C)CCC=C(C)C)c4ccc([N+](=O)[O-])cc43)[C@@H]2C)cc1. The topological polar surface area (TPSA) is 122 Å². The summed E-state index contributed by atoms with van der Waals surface area (Å²) in [6.07, 6.45) is 5.27. The average Bonchev–Trinajstić information content (AvgIpc) is 3.56. The summed E-state index contributed by atoms with van der Waals surface area (Å²) < 4.78 is 12.5. The smallest absolute Gasteiger partial charge is 0.269 e. The fourth-order valence-corrected chi connectivity index (χ4v) is 12.3. The van der Waals surface area contributed by atoms with Crippen molar-refractivity contribution in [3.8, 4) is 5.75 Å². The highest BCUT2D eigenvalue weighted by atomic mass is 28.3. The predicted octanol–water partition coefficient (Wildman–Crippen LogP) is 7.27. The molecule has 0 radical (unpaired) electrons. The molecule has 2 aliphatic rings. The largest absolute Gasteiger partial charge is 0.497 e. The van der Waals surface area contributed by atoms with E-state index in [1.54, 1.807) is 23.0 Å². The summed E-state index contributed by atoms with van der Waals surface area (Å²) in [6.45, 7) is 13.2. The molecule has 0 aromatic heterocycles. The van der Waals surface area contributed by atoms with Gasteiger partial charge in [-0.3, -0.25) is 19.7 Å². The summed E-state index contributed by atoms with van der Waals surface area (Å²) in [7, 11) is -0.965. The molecule has 2 heterocycles. The lowest BCUT2D eigenvalue weighted by molar-refractivity contribution is -0.385. The second-order valence-electron chi connectivity index (χ2n) is 15.1. The normalized spacial score (nSPS) is 21.1. The van der Waals surface area contributed by atoms with Crippen molar-refractivity contribution in [1.82, 2.24) is 4.90 Å². The van der Waals surface area contributed by atoms with Crippen LogP contribution in [-0.2, 0) is 26.5 Å². The molecule has 1 saturated heterocycles. The fourth-order valence-electron chi connectivity index (χ4n) is 8.25. The third-order valence-electron chi connectivity index (χ3n) is 11.1. The van der Waals surface area contributed by atoms with Crippen molar-refractivity contribution >= 4 is 36.4 Å². The van der Waals surface area contributed by atoms with Gasteiger partial charge in [0.1, 0.15) is 5.75 Å². The van der Waals surface area contributed by atoms with E-state index in [4.69, 9.17) is 9.47 Å². The van der Waals surface area contributed by atoms with Gasteiger partial charge in [-0.1, -0.05) is 91.0 Å². The van der Waals surface area contributed by atoms with Crippen LogP contribution in [0.1, 0.15) is 58.1 Å². The van der Waals surface area contributed by atoms with Crippen molar-refractivity contribution in [2.75, 3.05) is 31.7 Å². The Morgan fingerprint density at radius 2 is 1.77 bits per heavy atom. The summed E-state index contributed by atoms with van der Waals surface area (Å²) in [4.78, 5) is 44.4. The number of hydrogen-bond acceptors (Lipinski definition) is 7. The molecule has 1 fully saturated rings. The summed E-state index contributed by atoms with van der Waals surface area (Å²) >= 11 is 0. The highest BCUT2D eigenvalue weighted by molar-refractivity contribution is 6.91. The van der Waals surface area contributed by atoms with Crippen molar-refractivity contribution in [2.24, 2.45) is 5.92 Å². The Morgan fingerprint density at radius 3 is 2.40 bits per heavy atom. The first-order valence-corrected chi connectivity index (χ1v) is 21.5. The van der Waals surface area contributed by atoms with Crippen LogP contribution in [0.25, 0.3) is 0 Å². The van der Waals surface area contributed by atoms with E-state index in [9.17, 15) is 20.0 Å². The maximum absolute atomic E-state index is 15.1. The first kappa shape index (κ1) is 39.6. The molecule has 5 rings (SSSR count). The van der Waals surface area contributed by atoms with Crippen LogP contribution in [0.15, 0.2) is 96.1 Å². The van der Waals surface area contributed by atoms with Crippen molar-refractivity contribution in [1.29, 1.82) is 0 Å². The molecule has 4 atom stereocenters. The van der Waals surface area contributed by atoms with Gasteiger partial charge < -0.3 is 24.4 Å². The van der Waals surface area contributed by atoms with Gasteiger partial charge in [-0.15, -0.1) is 0 Å². The fraction of sp³-hybridized carbons (Fsp3) is 0.429. The highest BCUT2D eigenvalue weighted by Crippen LogP contribution is 2.60. The van der Waals surface area contributed by atoms with Crippen LogP contribution >= 0.6 is 0 Å². The van der Waals surface area contributed by atoms with Crippen molar-refractivity contribution < 1.29 is 29.1 Å². The van der Waals surface area contributed by atoms with Gasteiger partial charge in [0.05, 0.1) is 44.9 Å². The molecule has 1 spiro atoms. The summed E-state index contributed by atoms with van der Waals surface area (Å²) in [5.41, 5.74) is 2.46. The van der Waals surface area contributed by atoms with Gasteiger partial charge >= 0.3 is 0 Å². The molecule has 11 heteroatoms. The second kappa shape index (κ2) is 16.6. The number of benzene rings is 3. The third kappa shape index (κ3) is 8.17. The number of nitro benzene ring substituents is 1. The van der Waals surface area contributed by atoms with E-state index in [1.165, 1.54) is 17.7 Å². The van der Waals surface area contributed by atoms with Gasteiger partial charge in [0.15, 0.2) is 5.60 Å². The van der Waals surface area contributed by atoms with Crippen LogP contribution in [0.5, 0.6) is 5.75 Å². The molecule has 2 aliphatic heterocycles. The Kier molecular flexibility index (Phi) is 12.4. The zero-order valence-electron chi connectivity index (χ0n) is 32.0. The number of non-ortho nitro benzene ring substituents is 1. The van der Waals surface area contributed by atoms with Crippen LogP contribution in [0, 0.1) is 16.0 Å². The van der Waals surface area contributed by atoms with Crippen molar-refractivity contribution in [3.05, 3.63) is 117 Å². The molecular weight excluding hydrogens is 687 g/mol. The van der Waals surface area contributed by atoms with Crippen LogP contribution < -0.4 is 14.8 Å². The lowest BCUT2D eigenvalue weighted by atomic mass is 9.82. The van der Waals surface area contributed by atoms with E-state index in [1.807, 2.05) is 55.5 Å². The number of nitrogens with zero attached hydrogens (tertiary/aromatic N) is 3. The number of ether oxygens (including phenoxy) is 2. The number of methoxy groups -OCH3 is 1. The number of carbonyl (C=O) groups excluding carboxylic acids is 2. The maximum atomic E-state index is 15.1. The van der Waals surface area contributed by atoms with Gasteiger partial charge in [0.25, 0.3) is 11.6 Å². The summed E-state index contributed by atoms with van der Waals surface area (Å²) in [5.74, 6) is -0.182. The maximum Gasteiger partial charge on any atom is 0.269 e. The number of allylic oxidation sites excluding steroid dienone is 3. The first-order chi connectivity index (χ1) is 25.2. The van der Waals surface area contributed by atoms with E-state index in [2.05, 4.69) is 52.1 Å². The van der Waals surface area contributed by atoms with E-state index in [0.29, 0.717) is 17.8 Å². The molecule has 282 valence electrons. The number of fused-ring (bicyclic) bond motifs is 2. The molecule has 0 aliphatic carbocycles. The molecule has 0 saturated carbocycles. The zero-order chi connectivity index (χ0) is 38.5. The van der Waals surface area contributed by atoms with Crippen molar-refractivity contribution in [2.45, 2.75) is 83.8 Å². The standard InChI is InChI=1S/C42H53N3O7Si/c1-29(2)12-11-13-30(3)22-23-44-37-21-16-33(45(49)50)26-36(37)42(41(44)48)31(4)40(53(6,7)35-19-17-34(51-5)18-20-35)38(52-42)27-39(47)43(24-25-46)28-32-14-9-8-10-15-32/h8-10,12,14-22,26,31,38,40,46H,11,13,23-25,27-28H2,1-7H3/b30-22+/t31-,38+,40-,42+/m1/s1. The van der Waals surface area contributed by atoms with Gasteiger partial charge in [0, 0.05) is 43.2 Å². The van der Waals surface area contributed by atoms with Crippen LogP contribution in [-0.4, -0.2) is 67.7 Å². The Balaban J connectivity index is 1.59. The molecule has 53 heavy (non-hydrogen) atoms. The summed E-state index contributed by atoms with van der Waals surface area (Å²) in [5, 5.41) is 23.2. The number of carbonyl (C=O) groups is 2. The van der Waals surface area contributed by atoms with E-state index >= 15 is 4.79 Å². The number of hydrogen-bond donors (Lipinski definition) is 1. The van der Waals surface area contributed by atoms with Gasteiger partial charge in [-0.2, -0.15) is 0 Å². The predicted molar refractivity (Wildman–Crippen MR) is 211 cm³/mol. The Hall–Kier alpha value is -4.58. The molecule has 0 unspecified atom stereocenters.